The smallest absolute Gasteiger partial charge is 0.162 e. The van der Waals surface area contributed by atoms with Crippen LogP contribution in [0.1, 0.15) is 38.3 Å². The first-order chi connectivity index (χ1) is 8.19. The summed E-state index contributed by atoms with van der Waals surface area (Å²) >= 11 is 0. The van der Waals surface area contributed by atoms with Gasteiger partial charge in [-0.05, 0) is 44.4 Å². The number of aromatic nitrogens is 2. The molecule has 1 N–H and O–H groups in total. The maximum Gasteiger partial charge on any atom is 0.162 e. The fourth-order valence-corrected chi connectivity index (χ4v) is 3.79. The third-order valence-corrected chi connectivity index (χ3v) is 4.55. The lowest BCUT2D eigenvalue weighted by molar-refractivity contribution is -0.0277. The standard InChI is InChI=1S/C13H20N2O2/c1-3-15-12(11(17-2)8-14-15)13(16)7-9-4-5-10(13)6-9/h8-10,16H,3-7H2,1-2H3. The zero-order chi connectivity index (χ0) is 12.0. The Bertz CT molecular complexity index is 408. The molecule has 0 radical (unpaired) electrons. The molecule has 2 aliphatic carbocycles. The molecule has 1 heterocycles. The second kappa shape index (κ2) is 3.73. The predicted octanol–water partition coefficient (Wildman–Crippen LogP) is 1.92. The summed E-state index contributed by atoms with van der Waals surface area (Å²) in [7, 11) is 1.65. The Morgan fingerprint density at radius 3 is 2.94 bits per heavy atom. The van der Waals surface area contributed by atoms with E-state index in [1.54, 1.807) is 13.3 Å². The molecule has 0 aromatic carbocycles. The number of hydrogen-bond acceptors (Lipinski definition) is 3. The fourth-order valence-electron chi connectivity index (χ4n) is 3.79. The SMILES string of the molecule is CCn1ncc(OC)c1C1(O)CC2CCC1C2. The molecule has 1 aromatic heterocycles. The minimum absolute atomic E-state index is 0.392. The van der Waals surface area contributed by atoms with E-state index in [-0.39, 0.29) is 0 Å². The van der Waals surface area contributed by atoms with Crippen molar-refractivity contribution in [1.29, 1.82) is 0 Å². The van der Waals surface area contributed by atoms with Gasteiger partial charge in [0.15, 0.2) is 5.75 Å². The summed E-state index contributed by atoms with van der Waals surface area (Å²) in [6.07, 6.45) is 6.17. The quantitative estimate of drug-likeness (QED) is 0.872. The number of nitrogens with zero attached hydrogens (tertiary/aromatic N) is 2. The minimum Gasteiger partial charge on any atom is -0.493 e. The van der Waals surface area contributed by atoms with Crippen molar-refractivity contribution in [2.45, 2.75) is 44.8 Å². The highest BCUT2D eigenvalue weighted by molar-refractivity contribution is 5.33. The van der Waals surface area contributed by atoms with Crippen LogP contribution in [0.4, 0.5) is 0 Å². The molecule has 94 valence electrons. The lowest BCUT2D eigenvalue weighted by Crippen LogP contribution is -2.35. The summed E-state index contributed by atoms with van der Waals surface area (Å²) in [6.45, 7) is 2.82. The molecule has 2 saturated carbocycles. The second-order valence-corrected chi connectivity index (χ2v) is 5.38. The largest absolute Gasteiger partial charge is 0.493 e. The minimum atomic E-state index is -0.708. The number of aliphatic hydroxyl groups is 1. The van der Waals surface area contributed by atoms with Crippen LogP contribution in [-0.4, -0.2) is 22.0 Å². The molecule has 3 rings (SSSR count). The van der Waals surface area contributed by atoms with E-state index in [2.05, 4.69) is 5.10 Å². The van der Waals surface area contributed by atoms with E-state index in [1.165, 1.54) is 6.42 Å². The molecule has 2 fully saturated rings. The number of aryl methyl sites for hydroxylation is 1. The van der Waals surface area contributed by atoms with Crippen molar-refractivity contribution in [2.24, 2.45) is 11.8 Å². The Morgan fingerprint density at radius 2 is 2.41 bits per heavy atom. The molecular weight excluding hydrogens is 216 g/mol. The molecule has 1 aromatic rings. The van der Waals surface area contributed by atoms with Gasteiger partial charge in [0, 0.05) is 6.54 Å². The first-order valence-electron chi connectivity index (χ1n) is 6.51. The van der Waals surface area contributed by atoms with Crippen LogP contribution in [0.15, 0.2) is 6.20 Å². The molecule has 2 bridgehead atoms. The van der Waals surface area contributed by atoms with Gasteiger partial charge in [-0.25, -0.2) is 0 Å². The van der Waals surface area contributed by atoms with Gasteiger partial charge >= 0.3 is 0 Å². The molecule has 4 heteroatoms. The van der Waals surface area contributed by atoms with E-state index < -0.39 is 5.60 Å². The van der Waals surface area contributed by atoms with Crippen LogP contribution in [0.25, 0.3) is 0 Å². The molecule has 3 atom stereocenters. The van der Waals surface area contributed by atoms with Gasteiger partial charge in [0.2, 0.25) is 0 Å². The highest BCUT2D eigenvalue weighted by Crippen LogP contribution is 2.56. The first-order valence-corrected chi connectivity index (χ1v) is 6.51. The Hall–Kier alpha value is -1.03. The second-order valence-electron chi connectivity index (χ2n) is 5.38. The van der Waals surface area contributed by atoms with Gasteiger partial charge in [-0.3, -0.25) is 4.68 Å². The van der Waals surface area contributed by atoms with Gasteiger partial charge < -0.3 is 9.84 Å². The first kappa shape index (κ1) is 11.1. The Labute approximate surface area is 102 Å². The topological polar surface area (TPSA) is 47.3 Å². The maximum absolute atomic E-state index is 11.0. The third-order valence-electron chi connectivity index (χ3n) is 4.55. The number of rotatable bonds is 3. The number of hydrogen-bond donors (Lipinski definition) is 1. The summed E-state index contributed by atoms with van der Waals surface area (Å²) in [6, 6.07) is 0. The van der Waals surface area contributed by atoms with Crippen LogP contribution in [0.5, 0.6) is 5.75 Å². The van der Waals surface area contributed by atoms with E-state index in [0.29, 0.717) is 11.8 Å². The molecule has 0 spiro atoms. The predicted molar refractivity (Wildman–Crippen MR) is 63.8 cm³/mol. The van der Waals surface area contributed by atoms with E-state index in [0.717, 1.165) is 37.3 Å². The molecule has 0 aliphatic heterocycles. The lowest BCUT2D eigenvalue weighted by Gasteiger charge is -2.33. The van der Waals surface area contributed by atoms with Crippen molar-refractivity contribution < 1.29 is 9.84 Å². The molecule has 3 unspecified atom stereocenters. The number of methoxy groups -OCH3 is 1. The van der Waals surface area contributed by atoms with E-state index >= 15 is 0 Å². The van der Waals surface area contributed by atoms with Crippen LogP contribution in [-0.2, 0) is 12.1 Å². The van der Waals surface area contributed by atoms with Crippen molar-refractivity contribution in [2.75, 3.05) is 7.11 Å². The molecule has 2 aliphatic rings. The maximum atomic E-state index is 11.0. The zero-order valence-corrected chi connectivity index (χ0v) is 10.5. The Balaban J connectivity index is 2.05. The van der Waals surface area contributed by atoms with Crippen molar-refractivity contribution in [3.8, 4) is 5.75 Å². The summed E-state index contributed by atoms with van der Waals surface area (Å²) in [5.41, 5.74) is 0.190. The van der Waals surface area contributed by atoms with Gasteiger partial charge in [0.1, 0.15) is 11.3 Å². The summed E-state index contributed by atoms with van der Waals surface area (Å²) in [5, 5.41) is 15.3. The van der Waals surface area contributed by atoms with Crippen LogP contribution in [0.2, 0.25) is 0 Å². The van der Waals surface area contributed by atoms with Crippen molar-refractivity contribution >= 4 is 0 Å². The average molecular weight is 236 g/mol. The van der Waals surface area contributed by atoms with E-state index in [1.807, 2.05) is 11.6 Å². The van der Waals surface area contributed by atoms with Crippen molar-refractivity contribution in [3.05, 3.63) is 11.9 Å². The third kappa shape index (κ3) is 1.43. The highest BCUT2D eigenvalue weighted by Gasteiger charge is 2.53. The van der Waals surface area contributed by atoms with Crippen LogP contribution in [0.3, 0.4) is 0 Å². The van der Waals surface area contributed by atoms with E-state index in [9.17, 15) is 5.11 Å². The van der Waals surface area contributed by atoms with Crippen LogP contribution >= 0.6 is 0 Å². The molecule has 0 amide bonds. The molecule has 0 saturated heterocycles. The van der Waals surface area contributed by atoms with Crippen molar-refractivity contribution in [1.82, 2.24) is 9.78 Å². The lowest BCUT2D eigenvalue weighted by atomic mass is 9.81. The van der Waals surface area contributed by atoms with Gasteiger partial charge in [0.05, 0.1) is 13.3 Å². The molecule has 17 heavy (non-hydrogen) atoms. The highest BCUT2D eigenvalue weighted by atomic mass is 16.5. The summed E-state index contributed by atoms with van der Waals surface area (Å²) in [4.78, 5) is 0. The molecule has 4 nitrogen and oxygen atoms in total. The van der Waals surface area contributed by atoms with E-state index in [4.69, 9.17) is 4.74 Å². The van der Waals surface area contributed by atoms with Gasteiger partial charge in [0.25, 0.3) is 0 Å². The van der Waals surface area contributed by atoms with Crippen molar-refractivity contribution in [3.63, 3.8) is 0 Å². The zero-order valence-electron chi connectivity index (χ0n) is 10.5. The normalized spacial score (nSPS) is 35.5. The van der Waals surface area contributed by atoms with Gasteiger partial charge in [-0.15, -0.1) is 0 Å². The van der Waals surface area contributed by atoms with Gasteiger partial charge in [-0.2, -0.15) is 5.10 Å². The summed E-state index contributed by atoms with van der Waals surface area (Å²) < 4.78 is 7.26. The van der Waals surface area contributed by atoms with Crippen LogP contribution < -0.4 is 4.74 Å². The number of ether oxygens (including phenoxy) is 1. The monoisotopic (exact) mass is 236 g/mol. The fraction of sp³-hybridized carbons (Fsp3) is 0.769. The van der Waals surface area contributed by atoms with Crippen LogP contribution in [0, 0.1) is 11.8 Å². The Kier molecular flexibility index (Phi) is 2.43. The Morgan fingerprint density at radius 1 is 1.59 bits per heavy atom. The average Bonchev–Trinajstić information content (AvgIpc) is 3.00. The summed E-state index contributed by atoms with van der Waals surface area (Å²) in [5.74, 6) is 1.82. The number of fused-ring (bicyclic) bond motifs is 2. The molecular formula is C13H20N2O2. The van der Waals surface area contributed by atoms with Gasteiger partial charge in [-0.1, -0.05) is 0 Å².